The zero-order valence-electron chi connectivity index (χ0n) is 26.6. The van der Waals surface area contributed by atoms with E-state index in [-0.39, 0.29) is 5.41 Å². The maximum Gasteiger partial charge on any atom is 0.183 e. The Kier molecular flexibility index (Phi) is 9.22. The van der Waals surface area contributed by atoms with Crippen LogP contribution in [0.3, 0.4) is 0 Å². The number of halogens is 2. The molecule has 4 aromatic heterocycles. The third-order valence-corrected chi connectivity index (χ3v) is 13.2. The van der Waals surface area contributed by atoms with E-state index >= 15 is 0 Å². The van der Waals surface area contributed by atoms with E-state index in [1.165, 1.54) is 0 Å². The van der Waals surface area contributed by atoms with E-state index in [1.54, 1.807) is 30.1 Å². The number of nitrogens with zero attached hydrogens (tertiary/aromatic N) is 6. The lowest BCUT2D eigenvalue weighted by atomic mass is 9.45. The molecule has 1 fully saturated rings. The predicted octanol–water partition coefficient (Wildman–Crippen LogP) is 8.42. The summed E-state index contributed by atoms with van der Waals surface area (Å²) in [6.07, 6.45) is 17.3. The Labute approximate surface area is 275 Å². The topological polar surface area (TPSA) is 86.6 Å². The van der Waals surface area contributed by atoms with Gasteiger partial charge < -0.3 is 4.74 Å². The highest BCUT2D eigenvalue weighted by molar-refractivity contribution is 7.15. The molecule has 0 N–H and O–H groups in total. The van der Waals surface area contributed by atoms with E-state index in [0.29, 0.717) is 15.5 Å². The molecule has 44 heavy (non-hydrogen) atoms. The number of ether oxygens (including phenoxy) is 1. The van der Waals surface area contributed by atoms with Gasteiger partial charge in [0.05, 0.1) is 12.3 Å². The summed E-state index contributed by atoms with van der Waals surface area (Å²) in [5.74, 6) is 0.343. The van der Waals surface area contributed by atoms with Crippen LogP contribution in [0.5, 0.6) is 0 Å². The van der Waals surface area contributed by atoms with E-state index in [2.05, 4.69) is 79.5 Å². The lowest BCUT2D eigenvalue weighted by Crippen LogP contribution is -2.57. The zero-order valence-corrected chi connectivity index (χ0v) is 29.0. The van der Waals surface area contributed by atoms with Gasteiger partial charge in [-0.3, -0.25) is 9.97 Å². The molecular formula is C34H42Cl2N6OS. The molecule has 0 bridgehead atoms. The summed E-state index contributed by atoms with van der Waals surface area (Å²) in [6.45, 7) is 17.8. The average Bonchev–Trinajstić information content (AvgIpc) is 3.73. The molecule has 4 atom stereocenters. The number of pyridine rings is 1. The van der Waals surface area contributed by atoms with Crippen molar-refractivity contribution in [2.24, 2.45) is 11.3 Å². The molecule has 1 aliphatic rings. The van der Waals surface area contributed by atoms with Crippen LogP contribution in [-0.2, 0) is 26.4 Å². The summed E-state index contributed by atoms with van der Waals surface area (Å²) in [5.41, 5.74) is 1.19. The van der Waals surface area contributed by atoms with E-state index in [0.717, 1.165) is 54.2 Å². The molecule has 0 aromatic carbocycles. The molecule has 7 nitrogen and oxygen atoms in total. The van der Waals surface area contributed by atoms with Crippen LogP contribution < -0.4 is 0 Å². The first kappa shape index (κ1) is 32.9. The third-order valence-electron chi connectivity index (χ3n) is 11.6. The molecule has 4 unspecified atom stereocenters. The van der Waals surface area contributed by atoms with Gasteiger partial charge in [0.25, 0.3) is 0 Å². The van der Waals surface area contributed by atoms with E-state index < -0.39 is 21.7 Å². The fourth-order valence-corrected chi connectivity index (χ4v) is 8.85. The molecule has 0 radical (unpaired) electrons. The van der Waals surface area contributed by atoms with Crippen LogP contribution >= 0.6 is 34.5 Å². The van der Waals surface area contributed by atoms with Crippen LogP contribution in [0.15, 0.2) is 61.8 Å². The summed E-state index contributed by atoms with van der Waals surface area (Å²) in [7, 11) is 0. The second kappa shape index (κ2) is 12.3. The van der Waals surface area contributed by atoms with Crippen LogP contribution in [0.4, 0.5) is 0 Å². The van der Waals surface area contributed by atoms with Crippen molar-refractivity contribution in [2.45, 2.75) is 89.4 Å². The number of hydrogen-bond acceptors (Lipinski definition) is 8. The van der Waals surface area contributed by atoms with Gasteiger partial charge in [-0.25, -0.2) is 19.9 Å². The minimum atomic E-state index is -0.436. The zero-order chi connectivity index (χ0) is 31.8. The van der Waals surface area contributed by atoms with Gasteiger partial charge in [0, 0.05) is 76.5 Å². The summed E-state index contributed by atoms with van der Waals surface area (Å²) in [5, 5.41) is 0.475. The average molecular weight is 654 g/mol. The van der Waals surface area contributed by atoms with Crippen LogP contribution in [0, 0.1) is 11.3 Å². The standard InChI is InChI=1S/C34H42Cl2N6OS/c1-30(2,24-10-15-43-21-24)34(7,23-8-9-28(35)41-18-23)33(6,27-20-42-29(36)44-27)12-11-32(5,25-16-38-22-39-17-25)31(3,4)26-19-37-13-14-40-26/h8-9,13-14,16-20,22,24H,10-12,15,21H2,1-7H3. The molecule has 0 aliphatic carbocycles. The fraction of sp³-hybridized carbons (Fsp3) is 0.529. The summed E-state index contributed by atoms with van der Waals surface area (Å²) in [6, 6.07) is 4.04. The smallest absolute Gasteiger partial charge is 0.183 e. The van der Waals surface area contributed by atoms with Crippen LogP contribution in [0.25, 0.3) is 0 Å². The highest BCUT2D eigenvalue weighted by Gasteiger charge is 2.60. The number of aromatic nitrogens is 6. The lowest BCUT2D eigenvalue weighted by Gasteiger charge is -2.58. The van der Waals surface area contributed by atoms with Crippen molar-refractivity contribution in [3.05, 3.63) is 93.2 Å². The predicted molar refractivity (Wildman–Crippen MR) is 177 cm³/mol. The van der Waals surface area contributed by atoms with Gasteiger partial charge in [-0.15, -0.1) is 11.3 Å². The van der Waals surface area contributed by atoms with Crippen molar-refractivity contribution >= 4 is 34.5 Å². The Morgan fingerprint density at radius 3 is 2.09 bits per heavy atom. The summed E-state index contributed by atoms with van der Waals surface area (Å²) >= 11 is 14.5. The Morgan fingerprint density at radius 1 is 0.795 bits per heavy atom. The monoisotopic (exact) mass is 652 g/mol. The highest BCUT2D eigenvalue weighted by atomic mass is 35.5. The Bertz CT molecular complexity index is 1550. The molecule has 10 heteroatoms. The van der Waals surface area contributed by atoms with Crippen molar-refractivity contribution in [3.63, 3.8) is 0 Å². The van der Waals surface area contributed by atoms with E-state index in [4.69, 9.17) is 32.9 Å². The van der Waals surface area contributed by atoms with Gasteiger partial charge in [0.15, 0.2) is 4.47 Å². The summed E-state index contributed by atoms with van der Waals surface area (Å²) in [4.78, 5) is 28.4. The second-order valence-electron chi connectivity index (χ2n) is 13.8. The van der Waals surface area contributed by atoms with Crippen molar-refractivity contribution < 1.29 is 4.74 Å². The van der Waals surface area contributed by atoms with Gasteiger partial charge >= 0.3 is 0 Å². The largest absolute Gasteiger partial charge is 0.381 e. The molecule has 1 aliphatic heterocycles. The fourth-order valence-electron chi connectivity index (χ4n) is 7.52. The van der Waals surface area contributed by atoms with Crippen LogP contribution in [0.1, 0.15) is 89.4 Å². The first-order chi connectivity index (χ1) is 20.8. The quantitative estimate of drug-likeness (QED) is 0.150. The maximum absolute atomic E-state index is 6.59. The van der Waals surface area contributed by atoms with Crippen molar-refractivity contribution in [1.82, 2.24) is 29.9 Å². The molecule has 5 rings (SSSR count). The van der Waals surface area contributed by atoms with Crippen molar-refractivity contribution in [1.29, 1.82) is 0 Å². The minimum absolute atomic E-state index is 0.211. The Morgan fingerprint density at radius 2 is 1.52 bits per heavy atom. The Hall–Kier alpha value is -2.52. The Balaban J connectivity index is 1.71. The SMILES string of the molecule is CC(C)(c1cnccn1)C(C)(CCC(C)(c1cnc(Cl)s1)C(C)(c1ccc(Cl)nc1)C(C)(C)C1CCOC1)c1cncnc1. The van der Waals surface area contributed by atoms with Gasteiger partial charge in [-0.05, 0) is 47.8 Å². The van der Waals surface area contributed by atoms with Gasteiger partial charge in [-0.2, -0.15) is 0 Å². The molecule has 4 aromatic rings. The molecule has 0 saturated carbocycles. The highest BCUT2D eigenvalue weighted by Crippen LogP contribution is 2.62. The molecule has 0 spiro atoms. The first-order valence-corrected chi connectivity index (χ1v) is 16.7. The van der Waals surface area contributed by atoms with E-state index in [1.807, 2.05) is 37.1 Å². The minimum Gasteiger partial charge on any atom is -0.381 e. The lowest BCUT2D eigenvalue weighted by molar-refractivity contribution is 0.0132. The molecular weight excluding hydrogens is 611 g/mol. The van der Waals surface area contributed by atoms with Crippen LogP contribution in [0.2, 0.25) is 9.62 Å². The van der Waals surface area contributed by atoms with E-state index in [9.17, 15) is 0 Å². The van der Waals surface area contributed by atoms with Crippen molar-refractivity contribution in [2.75, 3.05) is 13.2 Å². The summed E-state index contributed by atoms with van der Waals surface area (Å²) < 4.78 is 6.52. The number of hydrogen-bond donors (Lipinski definition) is 0. The number of thiazole rings is 1. The number of rotatable bonds is 11. The van der Waals surface area contributed by atoms with Gasteiger partial charge in [0.1, 0.15) is 11.5 Å². The molecule has 234 valence electrons. The maximum atomic E-state index is 6.59. The molecule has 0 amide bonds. The first-order valence-electron chi connectivity index (χ1n) is 15.1. The molecule has 1 saturated heterocycles. The van der Waals surface area contributed by atoms with Crippen molar-refractivity contribution in [3.8, 4) is 0 Å². The van der Waals surface area contributed by atoms with Crippen LogP contribution in [-0.4, -0.2) is 43.1 Å². The normalized spacial score (nSPS) is 20.1. The second-order valence-corrected chi connectivity index (χ2v) is 15.8. The van der Waals surface area contributed by atoms with Gasteiger partial charge in [0.2, 0.25) is 0 Å². The third kappa shape index (κ3) is 5.46. The molecule has 5 heterocycles. The van der Waals surface area contributed by atoms with Gasteiger partial charge in [-0.1, -0.05) is 77.7 Å².